The van der Waals surface area contributed by atoms with Crippen molar-refractivity contribution in [2.45, 2.75) is 31.2 Å². The number of rotatable bonds is 7. The Balaban J connectivity index is 1.21. The van der Waals surface area contributed by atoms with Gasteiger partial charge in [0, 0.05) is 11.3 Å². The lowest BCUT2D eigenvalue weighted by molar-refractivity contribution is -0.144. The van der Waals surface area contributed by atoms with Crippen LogP contribution in [-0.4, -0.2) is 40.2 Å². The highest BCUT2D eigenvalue weighted by Gasteiger charge is 2.48. The molecule has 5 rings (SSSR count). The van der Waals surface area contributed by atoms with Crippen LogP contribution in [0.15, 0.2) is 53.9 Å². The molecule has 3 N–H and O–H groups in total. The number of hydrogen-bond acceptors (Lipinski definition) is 6. The molecule has 3 aromatic rings. The number of hydrogen-bond donors (Lipinski definition) is 3. The van der Waals surface area contributed by atoms with Crippen molar-refractivity contribution < 1.29 is 24.2 Å². The number of benzene rings is 2. The van der Waals surface area contributed by atoms with Crippen LogP contribution in [0.5, 0.6) is 0 Å². The van der Waals surface area contributed by atoms with E-state index in [1.807, 2.05) is 36.4 Å². The number of aromatic nitrogens is 1. The third kappa shape index (κ3) is 4.03. The van der Waals surface area contributed by atoms with Gasteiger partial charge in [0.2, 0.25) is 0 Å². The van der Waals surface area contributed by atoms with Crippen LogP contribution in [0.3, 0.4) is 0 Å². The van der Waals surface area contributed by atoms with Crippen LogP contribution in [0.1, 0.15) is 47.3 Å². The minimum atomic E-state index is -1.33. The third-order valence-electron chi connectivity index (χ3n) is 6.50. The first-order valence-electron chi connectivity index (χ1n) is 11.0. The van der Waals surface area contributed by atoms with Crippen LogP contribution in [0.25, 0.3) is 11.1 Å². The van der Waals surface area contributed by atoms with Crippen LogP contribution in [0.2, 0.25) is 0 Å². The lowest BCUT2D eigenvalue weighted by Crippen LogP contribution is -2.54. The first-order chi connectivity index (χ1) is 16.4. The second-order valence-corrected chi connectivity index (χ2v) is 9.58. The molecule has 1 unspecified atom stereocenters. The molecule has 0 aliphatic heterocycles. The van der Waals surface area contributed by atoms with Gasteiger partial charge in [-0.2, -0.15) is 0 Å². The summed E-state index contributed by atoms with van der Waals surface area (Å²) in [6.07, 6.45) is 0.847. The number of carbonyl (C=O) groups is 3. The van der Waals surface area contributed by atoms with Gasteiger partial charge >= 0.3 is 12.1 Å². The van der Waals surface area contributed by atoms with E-state index in [4.69, 9.17) is 4.74 Å². The molecule has 34 heavy (non-hydrogen) atoms. The molecule has 2 aromatic carbocycles. The first kappa shape index (κ1) is 22.1. The topological polar surface area (TPSA) is 118 Å². The highest BCUT2D eigenvalue weighted by molar-refractivity contribution is 7.14. The summed E-state index contributed by atoms with van der Waals surface area (Å²) in [5, 5.41) is 16.3. The predicted octanol–water partition coefficient (Wildman–Crippen LogP) is 4.49. The molecule has 174 valence electrons. The first-order valence-corrected chi connectivity index (χ1v) is 11.9. The zero-order valence-corrected chi connectivity index (χ0v) is 19.2. The summed E-state index contributed by atoms with van der Waals surface area (Å²) >= 11 is 1.07. The smallest absolute Gasteiger partial charge is 0.413 e. The Morgan fingerprint density at radius 1 is 1.09 bits per heavy atom. The highest BCUT2D eigenvalue weighted by atomic mass is 32.1. The molecule has 0 spiro atoms. The normalized spacial score (nSPS) is 16.1. The zero-order valence-electron chi connectivity index (χ0n) is 18.4. The molecule has 8 nitrogen and oxygen atoms in total. The molecule has 2 aliphatic carbocycles. The summed E-state index contributed by atoms with van der Waals surface area (Å²) in [5.74, 6) is -1.82. The van der Waals surface area contributed by atoms with Crippen molar-refractivity contribution in [3.63, 3.8) is 0 Å². The predicted molar refractivity (Wildman–Crippen MR) is 127 cm³/mol. The van der Waals surface area contributed by atoms with Gasteiger partial charge in [-0.3, -0.25) is 10.1 Å². The van der Waals surface area contributed by atoms with E-state index in [2.05, 4.69) is 27.8 Å². The van der Waals surface area contributed by atoms with E-state index in [1.165, 1.54) is 12.3 Å². The number of anilines is 1. The summed E-state index contributed by atoms with van der Waals surface area (Å²) in [6, 6.07) is 16.1. The van der Waals surface area contributed by atoms with E-state index in [0.717, 1.165) is 46.4 Å². The van der Waals surface area contributed by atoms with Crippen LogP contribution in [0.4, 0.5) is 9.93 Å². The fraction of sp³-hybridized carbons (Fsp3) is 0.280. The second kappa shape index (κ2) is 8.57. The number of ether oxygens (including phenoxy) is 1. The fourth-order valence-electron chi connectivity index (χ4n) is 4.45. The molecule has 9 heteroatoms. The Labute approximate surface area is 200 Å². The quantitative estimate of drug-likeness (QED) is 0.462. The van der Waals surface area contributed by atoms with Gasteiger partial charge in [0.25, 0.3) is 5.91 Å². The number of aliphatic carboxylic acids is 1. The van der Waals surface area contributed by atoms with Crippen molar-refractivity contribution >= 4 is 34.4 Å². The van der Waals surface area contributed by atoms with Crippen LogP contribution < -0.4 is 10.6 Å². The zero-order chi connectivity index (χ0) is 23.9. The van der Waals surface area contributed by atoms with E-state index in [0.29, 0.717) is 0 Å². The maximum absolute atomic E-state index is 12.6. The molecule has 0 saturated heterocycles. The van der Waals surface area contributed by atoms with E-state index >= 15 is 0 Å². The number of thiazole rings is 1. The Hall–Kier alpha value is -3.72. The molecule has 2 aliphatic rings. The molecular weight excluding hydrogens is 454 g/mol. The van der Waals surface area contributed by atoms with Crippen LogP contribution in [0, 0.1) is 5.92 Å². The van der Waals surface area contributed by atoms with E-state index in [-0.39, 0.29) is 29.3 Å². The van der Waals surface area contributed by atoms with Gasteiger partial charge in [-0.15, -0.1) is 11.3 Å². The van der Waals surface area contributed by atoms with E-state index in [9.17, 15) is 19.5 Å². The summed E-state index contributed by atoms with van der Waals surface area (Å²) in [6.45, 7) is 1.67. The van der Waals surface area contributed by atoms with Gasteiger partial charge in [-0.1, -0.05) is 48.5 Å². The minimum Gasteiger partial charge on any atom is -0.480 e. The maximum atomic E-state index is 12.6. The number of carboxylic acid groups (broad SMARTS) is 1. The highest BCUT2D eigenvalue weighted by Crippen LogP contribution is 2.44. The molecule has 0 bridgehead atoms. The lowest BCUT2D eigenvalue weighted by Gasteiger charge is -2.25. The molecule has 1 heterocycles. The van der Waals surface area contributed by atoms with Gasteiger partial charge in [0.05, 0.1) is 0 Å². The number of carbonyl (C=O) groups excluding carboxylic acids is 2. The van der Waals surface area contributed by atoms with Gasteiger partial charge < -0.3 is 15.2 Å². The minimum absolute atomic E-state index is 0.0482. The average molecular weight is 478 g/mol. The number of carboxylic acids is 1. The maximum Gasteiger partial charge on any atom is 0.413 e. The van der Waals surface area contributed by atoms with Gasteiger partial charge in [-0.05, 0) is 47.9 Å². The number of nitrogens with zero attached hydrogens (tertiary/aromatic N) is 1. The molecule has 1 atom stereocenters. The summed E-state index contributed by atoms with van der Waals surface area (Å²) in [4.78, 5) is 40.8. The lowest BCUT2D eigenvalue weighted by atomic mass is 9.96. The third-order valence-corrected chi connectivity index (χ3v) is 7.26. The number of fused-ring (bicyclic) bond motifs is 3. The van der Waals surface area contributed by atoms with Crippen LogP contribution in [-0.2, 0) is 9.53 Å². The monoisotopic (exact) mass is 477 g/mol. The Kier molecular flexibility index (Phi) is 5.57. The molecule has 1 aromatic heterocycles. The van der Waals surface area contributed by atoms with Crippen molar-refractivity contribution in [1.29, 1.82) is 0 Å². The largest absolute Gasteiger partial charge is 0.480 e. The van der Waals surface area contributed by atoms with E-state index in [1.54, 1.807) is 0 Å². The van der Waals surface area contributed by atoms with Gasteiger partial charge in [0.1, 0.15) is 17.8 Å². The standard InChI is InChI=1S/C25H23N3O5S/c1-25(22(30)31,14-10-11-14)28-21(29)20-13-34-23(26-20)27-24(32)33-12-19-17-8-4-2-6-15(17)16-7-3-5-9-18(16)19/h2-9,13-14,19H,10-12H2,1H3,(H,28,29)(H,30,31)(H,26,27,32). The van der Waals surface area contributed by atoms with Gasteiger partial charge in [0.15, 0.2) is 5.13 Å². The van der Waals surface area contributed by atoms with Crippen molar-refractivity contribution in [3.8, 4) is 11.1 Å². The Bertz CT molecular complexity index is 1240. The summed E-state index contributed by atoms with van der Waals surface area (Å²) in [7, 11) is 0. The molecule has 0 radical (unpaired) electrons. The average Bonchev–Trinajstić information content (AvgIpc) is 3.51. The van der Waals surface area contributed by atoms with Gasteiger partial charge in [-0.25, -0.2) is 14.6 Å². The Morgan fingerprint density at radius 2 is 1.71 bits per heavy atom. The van der Waals surface area contributed by atoms with Crippen molar-refractivity contribution in [1.82, 2.24) is 10.3 Å². The van der Waals surface area contributed by atoms with Crippen molar-refractivity contribution in [3.05, 3.63) is 70.7 Å². The molecule has 1 fully saturated rings. The molecule has 1 saturated carbocycles. The number of nitrogens with one attached hydrogen (secondary N) is 2. The summed E-state index contributed by atoms with van der Waals surface area (Å²) < 4.78 is 5.50. The van der Waals surface area contributed by atoms with Crippen molar-refractivity contribution in [2.24, 2.45) is 5.92 Å². The van der Waals surface area contributed by atoms with Crippen molar-refractivity contribution in [2.75, 3.05) is 11.9 Å². The molecular formula is C25H23N3O5S. The van der Waals surface area contributed by atoms with Crippen LogP contribution >= 0.6 is 11.3 Å². The SMILES string of the molecule is CC(NC(=O)c1csc(NC(=O)OCC2c3ccccc3-c3ccccc32)n1)(C(=O)O)C1CC1. The second-order valence-electron chi connectivity index (χ2n) is 8.72. The fourth-order valence-corrected chi connectivity index (χ4v) is 5.12. The number of amides is 2. The molecule has 2 amide bonds. The Morgan fingerprint density at radius 3 is 2.29 bits per heavy atom. The summed E-state index contributed by atoms with van der Waals surface area (Å²) in [5.41, 5.74) is 3.22. The van der Waals surface area contributed by atoms with E-state index < -0.39 is 23.5 Å².